The SMILES string of the molecule is C[C@@H]1O[C@@H](OC[C@H]2O[C@@H](O[C@H]3CC[C@]45C[C@]46CC[C@]4(C)[C@@H]([C@@H]7[C@@H](O)[C@H](C(C)(C)O)C[C@@H]7[C@@H]7O[C@H](CO[C@@H]8OC[C@@H](O)[C@H](O)[C@H]8O)[C@@H](O)[C@H](O)[C@H]7O[C@@H]7O[C@H](CO)[C@@H](O)[C@H](O)[C@H]7O)CC[C@@]4(C)[C@@H]6CC[C@H]5[C@@]3(C)CO)[C@H](O[C@@H]3O[C@@H](C)[C@H](O)[C@@H](O)[C@H]3O)[C@@H](O)[C@@H]2O)[C@H](O)[C@H](O)[C@H]1O. The Morgan fingerprint density at radius 3 is 1.60 bits per heavy atom. The predicted octanol–water partition coefficient (Wildman–Crippen LogP) is -6.20. The topological polar surface area (TPSA) is 506 Å². The van der Waals surface area contributed by atoms with Crippen LogP contribution in [0.5, 0.6) is 0 Å². The first-order chi connectivity index (χ1) is 45.1. The highest BCUT2D eigenvalue weighted by Gasteiger charge is 2.83. The third-order valence-corrected chi connectivity index (χ3v) is 26.9. The lowest BCUT2D eigenvalue weighted by Crippen LogP contribution is -2.66. The molecule has 0 unspecified atom stereocenters. The predicted molar refractivity (Wildman–Crippen MR) is 320 cm³/mol. The van der Waals surface area contributed by atoms with E-state index >= 15 is 0 Å². The highest BCUT2D eigenvalue weighted by molar-refractivity contribution is 5.31. The van der Waals surface area contributed by atoms with Gasteiger partial charge in [0.05, 0.1) is 69.2 Å². The number of aliphatic hydroxyl groups excluding tert-OH is 19. The molecule has 0 bridgehead atoms. The fourth-order valence-electron chi connectivity index (χ4n) is 21.1. The zero-order valence-corrected chi connectivity index (χ0v) is 55.4. The van der Waals surface area contributed by atoms with Crippen LogP contribution in [-0.4, -0.2) is 331 Å². The second-order valence-electron chi connectivity index (χ2n) is 32.0. The van der Waals surface area contributed by atoms with Crippen molar-refractivity contribution in [3.63, 3.8) is 0 Å². The first-order valence-electron chi connectivity index (χ1n) is 34.7. The third-order valence-electron chi connectivity index (χ3n) is 26.9. The number of hydrogen-bond acceptors (Lipinski definition) is 31. The molecule has 12 aliphatic rings. The Balaban J connectivity index is 0.812. The minimum absolute atomic E-state index is 0.0924. The Hall–Kier alpha value is -1.24. The molecule has 6 aliphatic heterocycles. The quantitative estimate of drug-likeness (QED) is 0.0603. The Morgan fingerprint density at radius 2 is 0.979 bits per heavy atom. The fraction of sp³-hybridized carbons (Fsp3) is 1.00. The van der Waals surface area contributed by atoms with Gasteiger partial charge in [-0.25, -0.2) is 0 Å². The molecule has 6 aliphatic carbocycles. The van der Waals surface area contributed by atoms with Crippen molar-refractivity contribution in [3.8, 4) is 0 Å². The van der Waals surface area contributed by atoms with Crippen molar-refractivity contribution < 1.29 is 154 Å². The number of hydrogen-bond donors (Lipinski definition) is 20. The van der Waals surface area contributed by atoms with Crippen LogP contribution in [0.4, 0.5) is 0 Å². The van der Waals surface area contributed by atoms with E-state index in [1.54, 1.807) is 13.8 Å². The Bertz CT molecular complexity index is 2650. The van der Waals surface area contributed by atoms with Gasteiger partial charge in [0.2, 0.25) is 0 Å². The molecule has 554 valence electrons. The van der Waals surface area contributed by atoms with Crippen LogP contribution in [0.1, 0.15) is 113 Å². The maximum atomic E-state index is 13.0. The van der Waals surface area contributed by atoms with Gasteiger partial charge in [-0.05, 0) is 143 Å². The average molecular weight is 1390 g/mol. The molecule has 96 heavy (non-hydrogen) atoms. The number of rotatable bonds is 17. The molecular weight excluding hydrogens is 1280 g/mol. The van der Waals surface area contributed by atoms with Crippen molar-refractivity contribution in [2.24, 2.45) is 62.6 Å². The van der Waals surface area contributed by atoms with Crippen molar-refractivity contribution in [2.45, 2.75) is 308 Å². The molecule has 42 atom stereocenters. The summed E-state index contributed by atoms with van der Waals surface area (Å²) >= 11 is 0. The lowest BCUT2D eigenvalue weighted by Gasteiger charge is -2.64. The summed E-state index contributed by atoms with van der Waals surface area (Å²) in [6.07, 6.45) is -42.3. The van der Waals surface area contributed by atoms with Crippen molar-refractivity contribution in [3.05, 3.63) is 0 Å². The van der Waals surface area contributed by atoms with Crippen molar-refractivity contribution in [2.75, 3.05) is 33.0 Å². The number of fused-ring (bicyclic) bond motifs is 2. The summed E-state index contributed by atoms with van der Waals surface area (Å²) in [5, 5.41) is 223. The maximum absolute atomic E-state index is 13.0. The van der Waals surface area contributed by atoms with Crippen LogP contribution in [0, 0.1) is 62.6 Å². The molecule has 0 aromatic carbocycles. The van der Waals surface area contributed by atoms with Gasteiger partial charge >= 0.3 is 0 Å². The van der Waals surface area contributed by atoms with Gasteiger partial charge in [0.15, 0.2) is 31.5 Å². The molecule has 0 amide bonds. The van der Waals surface area contributed by atoms with Crippen LogP contribution in [0.3, 0.4) is 0 Å². The summed E-state index contributed by atoms with van der Waals surface area (Å²) in [5.74, 6) is -2.58. The molecule has 2 spiro atoms. The summed E-state index contributed by atoms with van der Waals surface area (Å²) in [4.78, 5) is 0. The molecule has 31 nitrogen and oxygen atoms in total. The second kappa shape index (κ2) is 27.3. The van der Waals surface area contributed by atoms with E-state index in [0.717, 1.165) is 25.7 Å². The lowest BCUT2D eigenvalue weighted by atomic mass is 9.41. The minimum atomic E-state index is -1.94. The van der Waals surface area contributed by atoms with Crippen LogP contribution in [-0.2, 0) is 52.1 Å². The molecule has 0 aromatic heterocycles. The van der Waals surface area contributed by atoms with Gasteiger partial charge in [0, 0.05) is 11.3 Å². The Kier molecular flexibility index (Phi) is 21.2. The number of ether oxygens (including phenoxy) is 11. The molecule has 12 fully saturated rings. The van der Waals surface area contributed by atoms with E-state index in [0.29, 0.717) is 32.1 Å². The van der Waals surface area contributed by atoms with Crippen molar-refractivity contribution >= 4 is 0 Å². The van der Waals surface area contributed by atoms with Gasteiger partial charge in [-0.1, -0.05) is 20.8 Å². The standard InChI is InChI=1S/C65H108O31/c1-23-36(69)43(76)49(82)56(89-23)88-20-31-42(75)47(80)54(96-57-50(83)44(77)37(70)24(2)90-57)59(93-31)94-34-11-13-64-21-65(64)15-14-62(6)26(10-12-63(62,7)33(65)9-8-32(64)61(34,5)22-67)35-25(16-27(38(35)71)60(3,4)85)52-53(95-58-51(84)45(78)40(73)29(17-66)92-58)46(79)41(74)30(91-52)19-87-55-48(81)39(72)28(68)18-86-55/h23-59,66-85H,8-22H2,1-7H3/t23-,24-,25-,26+,27+,28+,29+,30+,31+,32-,33-,34-,35+,36-,37-,38-,39-,40+,41+,42+,43+,44+,45-,46-,47-,48+,49+,50+,51+,52-,53+,54+,55-,56+,57-,58-,59-,61+,62+,63-,64+,65-/m0/s1. The van der Waals surface area contributed by atoms with Gasteiger partial charge in [-0.3, -0.25) is 0 Å². The zero-order chi connectivity index (χ0) is 69.7. The first-order valence-corrected chi connectivity index (χ1v) is 34.7. The molecule has 20 N–H and O–H groups in total. The smallest absolute Gasteiger partial charge is 0.187 e. The van der Waals surface area contributed by atoms with Crippen LogP contribution in [0.2, 0.25) is 0 Å². The van der Waals surface area contributed by atoms with Gasteiger partial charge in [0.25, 0.3) is 0 Å². The Labute approximate surface area is 556 Å². The molecular formula is C65H108O31. The molecule has 6 saturated heterocycles. The summed E-state index contributed by atoms with van der Waals surface area (Å²) in [6.45, 7) is 10.0. The highest BCUT2D eigenvalue weighted by atomic mass is 16.8. The van der Waals surface area contributed by atoms with E-state index in [-0.39, 0.29) is 47.0 Å². The van der Waals surface area contributed by atoms with Crippen molar-refractivity contribution in [1.82, 2.24) is 0 Å². The first kappa shape index (κ1) is 74.5. The summed E-state index contributed by atoms with van der Waals surface area (Å²) in [6, 6.07) is 0. The molecule has 12 rings (SSSR count). The van der Waals surface area contributed by atoms with Crippen LogP contribution < -0.4 is 0 Å². The Morgan fingerprint density at radius 1 is 0.458 bits per heavy atom. The van der Waals surface area contributed by atoms with Gasteiger partial charge < -0.3 is 154 Å². The molecule has 6 heterocycles. The second-order valence-corrected chi connectivity index (χ2v) is 32.0. The van der Waals surface area contributed by atoms with Crippen LogP contribution >= 0.6 is 0 Å². The molecule has 0 aromatic rings. The molecule has 6 saturated carbocycles. The van der Waals surface area contributed by atoms with Crippen LogP contribution in [0.15, 0.2) is 0 Å². The van der Waals surface area contributed by atoms with Gasteiger partial charge in [-0.2, -0.15) is 0 Å². The minimum Gasteiger partial charge on any atom is -0.396 e. The van der Waals surface area contributed by atoms with E-state index in [2.05, 4.69) is 13.8 Å². The third kappa shape index (κ3) is 12.0. The van der Waals surface area contributed by atoms with E-state index in [9.17, 15) is 102 Å². The van der Waals surface area contributed by atoms with Gasteiger partial charge in [0.1, 0.15) is 128 Å². The van der Waals surface area contributed by atoms with E-state index in [1.807, 2.05) is 6.92 Å². The normalized spacial score (nSPS) is 58.3. The average Bonchev–Trinajstić information content (AvgIpc) is 1.47. The van der Waals surface area contributed by atoms with E-state index < -0.39 is 251 Å². The van der Waals surface area contributed by atoms with E-state index in [1.165, 1.54) is 13.8 Å². The fourth-order valence-corrected chi connectivity index (χ4v) is 21.1. The largest absolute Gasteiger partial charge is 0.396 e. The van der Waals surface area contributed by atoms with E-state index in [4.69, 9.17) is 52.1 Å². The molecule has 0 radical (unpaired) electrons. The zero-order valence-electron chi connectivity index (χ0n) is 55.4. The monoisotopic (exact) mass is 1380 g/mol. The van der Waals surface area contributed by atoms with Gasteiger partial charge in [-0.15, -0.1) is 0 Å². The summed E-state index contributed by atoms with van der Waals surface area (Å²) < 4.78 is 67.3. The molecule has 31 heteroatoms. The lowest BCUT2D eigenvalue weighted by molar-refractivity contribution is -0.380. The number of aliphatic hydroxyl groups is 20. The maximum Gasteiger partial charge on any atom is 0.187 e. The van der Waals surface area contributed by atoms with Crippen molar-refractivity contribution in [1.29, 1.82) is 0 Å². The van der Waals surface area contributed by atoms with Crippen LogP contribution in [0.25, 0.3) is 0 Å². The summed E-state index contributed by atoms with van der Waals surface area (Å²) in [5.41, 5.74) is -3.87. The highest BCUT2D eigenvalue weighted by Crippen LogP contribution is 2.89. The summed E-state index contributed by atoms with van der Waals surface area (Å²) in [7, 11) is 0.